The first-order chi connectivity index (χ1) is 12.2. The van der Waals surface area contributed by atoms with Gasteiger partial charge in [0.2, 0.25) is 0 Å². The third-order valence-electron chi connectivity index (χ3n) is 4.33. The summed E-state index contributed by atoms with van der Waals surface area (Å²) in [5, 5.41) is 5.57. The molecule has 2 aromatic rings. The first-order valence-electron chi connectivity index (χ1n) is 8.75. The van der Waals surface area contributed by atoms with Crippen molar-refractivity contribution in [3.8, 4) is 0 Å². The highest BCUT2D eigenvalue weighted by molar-refractivity contribution is 6.06. The van der Waals surface area contributed by atoms with Gasteiger partial charge < -0.3 is 15.5 Å². The highest BCUT2D eigenvalue weighted by Crippen LogP contribution is 2.20. The molecule has 130 valence electrons. The zero-order valence-electron chi connectivity index (χ0n) is 14.2. The molecule has 0 aromatic heterocycles. The average molecular weight is 337 g/mol. The van der Waals surface area contributed by atoms with Crippen LogP contribution in [0.2, 0.25) is 0 Å². The topological polar surface area (TPSA) is 61.4 Å². The van der Waals surface area contributed by atoms with Gasteiger partial charge in [-0.1, -0.05) is 43.2 Å². The number of anilines is 2. The van der Waals surface area contributed by atoms with Crippen molar-refractivity contribution in [2.45, 2.75) is 25.7 Å². The number of para-hydroxylation sites is 2. The van der Waals surface area contributed by atoms with E-state index in [0.29, 0.717) is 16.9 Å². The number of rotatable bonds is 3. The predicted octanol–water partition coefficient (Wildman–Crippen LogP) is 4.35. The minimum Gasteiger partial charge on any atom is -0.339 e. The molecule has 0 saturated carbocycles. The number of hydrogen-bond acceptors (Lipinski definition) is 2. The number of nitrogens with one attached hydrogen (secondary N) is 2. The van der Waals surface area contributed by atoms with E-state index >= 15 is 0 Å². The minimum atomic E-state index is -0.359. The highest BCUT2D eigenvalue weighted by atomic mass is 16.2. The average Bonchev–Trinajstić information content (AvgIpc) is 2.92. The Kier molecular flexibility index (Phi) is 5.67. The molecule has 0 atom stereocenters. The fraction of sp³-hybridized carbons (Fsp3) is 0.300. The van der Waals surface area contributed by atoms with Gasteiger partial charge in [-0.25, -0.2) is 4.79 Å². The second-order valence-corrected chi connectivity index (χ2v) is 6.20. The van der Waals surface area contributed by atoms with E-state index in [-0.39, 0.29) is 11.9 Å². The quantitative estimate of drug-likeness (QED) is 0.875. The van der Waals surface area contributed by atoms with Crippen LogP contribution in [0.1, 0.15) is 36.0 Å². The maximum Gasteiger partial charge on any atom is 0.323 e. The Morgan fingerprint density at radius 1 is 0.760 bits per heavy atom. The molecule has 0 spiro atoms. The van der Waals surface area contributed by atoms with Crippen LogP contribution in [-0.2, 0) is 0 Å². The third kappa shape index (κ3) is 4.59. The summed E-state index contributed by atoms with van der Waals surface area (Å²) in [4.78, 5) is 27.0. The number of carbonyl (C=O) groups is 2. The molecule has 3 rings (SSSR count). The lowest BCUT2D eigenvalue weighted by Gasteiger charge is -2.22. The van der Waals surface area contributed by atoms with Gasteiger partial charge in [0.15, 0.2) is 0 Å². The van der Waals surface area contributed by atoms with Gasteiger partial charge in [-0.15, -0.1) is 0 Å². The van der Waals surface area contributed by atoms with E-state index in [0.717, 1.165) is 25.9 Å². The molecule has 1 fully saturated rings. The summed E-state index contributed by atoms with van der Waals surface area (Å²) in [5.74, 6) is -0.0162. The fourth-order valence-corrected chi connectivity index (χ4v) is 3.03. The van der Waals surface area contributed by atoms with Crippen LogP contribution in [0.4, 0.5) is 16.2 Å². The molecule has 0 unspecified atom stereocenters. The third-order valence-corrected chi connectivity index (χ3v) is 4.33. The van der Waals surface area contributed by atoms with Gasteiger partial charge in [0.1, 0.15) is 0 Å². The van der Waals surface area contributed by atoms with E-state index in [9.17, 15) is 9.59 Å². The number of amides is 3. The summed E-state index contributed by atoms with van der Waals surface area (Å²) in [6, 6.07) is 16.0. The number of hydrogen-bond donors (Lipinski definition) is 2. The van der Waals surface area contributed by atoms with Crippen molar-refractivity contribution in [1.29, 1.82) is 0 Å². The number of carbonyl (C=O) groups excluding carboxylic acids is 2. The van der Waals surface area contributed by atoms with Gasteiger partial charge in [-0.05, 0) is 37.1 Å². The predicted molar refractivity (Wildman–Crippen MR) is 99.9 cm³/mol. The van der Waals surface area contributed by atoms with Crippen molar-refractivity contribution in [2.75, 3.05) is 23.7 Å². The van der Waals surface area contributed by atoms with Crippen LogP contribution in [0.25, 0.3) is 0 Å². The lowest BCUT2D eigenvalue weighted by atomic mass is 10.1. The molecule has 2 aromatic carbocycles. The lowest BCUT2D eigenvalue weighted by Crippen LogP contribution is -2.32. The number of benzene rings is 2. The summed E-state index contributed by atoms with van der Waals surface area (Å²) < 4.78 is 0. The Bertz CT molecular complexity index is 723. The monoisotopic (exact) mass is 337 g/mol. The van der Waals surface area contributed by atoms with Crippen LogP contribution in [0.5, 0.6) is 0 Å². The van der Waals surface area contributed by atoms with Gasteiger partial charge in [-0.3, -0.25) is 4.79 Å². The number of nitrogens with zero attached hydrogens (tertiary/aromatic N) is 1. The standard InChI is InChI=1S/C20H23N3O2/c24-19(23-14-8-1-2-9-15-23)17-12-6-7-13-18(17)22-20(25)21-16-10-4-3-5-11-16/h3-7,10-13H,1-2,8-9,14-15H2,(H2,21,22,25). The molecule has 1 aliphatic rings. The van der Waals surface area contributed by atoms with Gasteiger partial charge in [0.05, 0.1) is 11.3 Å². The zero-order chi connectivity index (χ0) is 17.5. The maximum atomic E-state index is 12.9. The van der Waals surface area contributed by atoms with Crippen molar-refractivity contribution >= 4 is 23.3 Å². The second kappa shape index (κ2) is 8.33. The van der Waals surface area contributed by atoms with Gasteiger partial charge in [0.25, 0.3) is 5.91 Å². The highest BCUT2D eigenvalue weighted by Gasteiger charge is 2.20. The summed E-state index contributed by atoms with van der Waals surface area (Å²) >= 11 is 0. The van der Waals surface area contributed by atoms with Crippen molar-refractivity contribution in [3.63, 3.8) is 0 Å². The molecule has 1 heterocycles. The van der Waals surface area contributed by atoms with E-state index in [1.54, 1.807) is 12.1 Å². The Morgan fingerprint density at radius 2 is 1.40 bits per heavy atom. The van der Waals surface area contributed by atoms with Crippen molar-refractivity contribution in [2.24, 2.45) is 0 Å². The van der Waals surface area contributed by atoms with Crippen molar-refractivity contribution in [3.05, 3.63) is 60.2 Å². The van der Waals surface area contributed by atoms with E-state index < -0.39 is 0 Å². The Morgan fingerprint density at radius 3 is 2.12 bits per heavy atom. The van der Waals surface area contributed by atoms with Crippen LogP contribution >= 0.6 is 0 Å². The van der Waals surface area contributed by atoms with E-state index in [2.05, 4.69) is 10.6 Å². The molecule has 2 N–H and O–H groups in total. The van der Waals surface area contributed by atoms with E-state index in [4.69, 9.17) is 0 Å². The lowest BCUT2D eigenvalue weighted by molar-refractivity contribution is 0.0762. The maximum absolute atomic E-state index is 12.9. The van der Waals surface area contributed by atoms with Gasteiger partial charge in [-0.2, -0.15) is 0 Å². The molecular formula is C20H23N3O2. The van der Waals surface area contributed by atoms with Crippen LogP contribution in [0.15, 0.2) is 54.6 Å². The molecule has 1 aliphatic heterocycles. The molecule has 0 aliphatic carbocycles. The SMILES string of the molecule is O=C(Nc1ccccc1)Nc1ccccc1C(=O)N1CCCCCC1. The molecule has 3 amide bonds. The number of urea groups is 1. The van der Waals surface area contributed by atoms with Gasteiger partial charge in [0, 0.05) is 18.8 Å². The molecule has 25 heavy (non-hydrogen) atoms. The van der Waals surface area contributed by atoms with Crippen molar-refractivity contribution in [1.82, 2.24) is 4.90 Å². The molecule has 1 saturated heterocycles. The molecular weight excluding hydrogens is 314 g/mol. The molecule has 5 heteroatoms. The first kappa shape index (κ1) is 17.0. The Balaban J connectivity index is 1.71. The summed E-state index contributed by atoms with van der Waals surface area (Å²) in [7, 11) is 0. The Labute approximate surface area is 148 Å². The summed E-state index contributed by atoms with van der Waals surface area (Å²) in [6.07, 6.45) is 4.41. The van der Waals surface area contributed by atoms with E-state index in [1.165, 1.54) is 12.8 Å². The molecule has 0 radical (unpaired) electrons. The largest absolute Gasteiger partial charge is 0.339 e. The molecule has 5 nitrogen and oxygen atoms in total. The van der Waals surface area contributed by atoms with Gasteiger partial charge >= 0.3 is 6.03 Å². The fourth-order valence-electron chi connectivity index (χ4n) is 3.03. The minimum absolute atomic E-state index is 0.0162. The zero-order valence-corrected chi connectivity index (χ0v) is 14.2. The first-order valence-corrected chi connectivity index (χ1v) is 8.75. The van der Waals surface area contributed by atoms with Crippen LogP contribution < -0.4 is 10.6 Å². The summed E-state index contributed by atoms with van der Waals surface area (Å²) in [6.45, 7) is 1.56. The van der Waals surface area contributed by atoms with Crippen molar-refractivity contribution < 1.29 is 9.59 Å². The van der Waals surface area contributed by atoms with Crippen LogP contribution in [0, 0.1) is 0 Å². The molecule has 0 bridgehead atoms. The second-order valence-electron chi connectivity index (χ2n) is 6.20. The van der Waals surface area contributed by atoms with Crippen LogP contribution in [-0.4, -0.2) is 29.9 Å². The van der Waals surface area contributed by atoms with Crippen LogP contribution in [0.3, 0.4) is 0 Å². The Hall–Kier alpha value is -2.82. The smallest absolute Gasteiger partial charge is 0.323 e. The van der Waals surface area contributed by atoms with E-state index in [1.807, 2.05) is 47.4 Å². The number of likely N-dealkylation sites (tertiary alicyclic amines) is 1. The summed E-state index contributed by atoms with van der Waals surface area (Å²) in [5.41, 5.74) is 1.77. The normalized spacial score (nSPS) is 14.5.